The van der Waals surface area contributed by atoms with Gasteiger partial charge in [-0.05, 0) is 31.9 Å². The van der Waals surface area contributed by atoms with Gasteiger partial charge in [0.15, 0.2) is 5.76 Å². The van der Waals surface area contributed by atoms with E-state index in [9.17, 15) is 4.79 Å². The molecule has 180 valence electrons. The van der Waals surface area contributed by atoms with Gasteiger partial charge in [0.2, 0.25) is 6.41 Å². The molecule has 1 atom stereocenters. The number of aromatic amines is 1. The van der Waals surface area contributed by atoms with Crippen molar-refractivity contribution in [2.24, 2.45) is 0 Å². The average Bonchev–Trinajstić information content (AvgIpc) is 3.46. The molecule has 0 spiro atoms. The van der Waals surface area contributed by atoms with Crippen LogP contribution in [0.2, 0.25) is 0 Å². The summed E-state index contributed by atoms with van der Waals surface area (Å²) in [5, 5.41) is 5.04. The Hall–Kier alpha value is -2.50. The largest absolute Gasteiger partial charge is 0.364 e. The normalized spacial score (nSPS) is 18.5. The number of rotatable bonds is 7. The fourth-order valence-corrected chi connectivity index (χ4v) is 3.68. The summed E-state index contributed by atoms with van der Waals surface area (Å²) in [6.07, 6.45) is 17.5. The van der Waals surface area contributed by atoms with Crippen molar-refractivity contribution in [2.75, 3.05) is 6.54 Å². The molecule has 1 aliphatic carbocycles. The number of hydrogen-bond donors (Lipinski definition) is 1. The van der Waals surface area contributed by atoms with Crippen molar-refractivity contribution in [3.8, 4) is 11.3 Å². The molecular formula is C26H35Cl2N3O2. The lowest BCUT2D eigenvalue weighted by atomic mass is 9.94. The maximum absolute atomic E-state index is 11.2. The second kappa shape index (κ2) is 15.4. The highest BCUT2D eigenvalue weighted by Crippen LogP contribution is 2.40. The predicted molar refractivity (Wildman–Crippen MR) is 140 cm³/mol. The molecule has 0 fully saturated rings. The molecule has 0 aliphatic heterocycles. The Balaban J connectivity index is 0.00000129. The number of carbonyl (C=O) groups excluding carboxylic acids is 1. The number of H-pyrrole nitrogens is 1. The summed E-state index contributed by atoms with van der Waals surface area (Å²) in [6, 6.07) is 0. The summed E-state index contributed by atoms with van der Waals surface area (Å²) in [5.41, 5.74) is 3.55. The Bertz CT molecular complexity index is 984. The molecule has 0 radical (unpaired) electrons. The summed E-state index contributed by atoms with van der Waals surface area (Å²) < 4.78 is 5.63. The minimum absolute atomic E-state index is 0.256. The highest BCUT2D eigenvalue weighted by molar-refractivity contribution is 6.40. The van der Waals surface area contributed by atoms with Crippen LogP contribution in [0.1, 0.15) is 70.2 Å². The Morgan fingerprint density at radius 3 is 2.64 bits per heavy atom. The first-order valence-corrected chi connectivity index (χ1v) is 12.2. The van der Waals surface area contributed by atoms with E-state index in [1.165, 1.54) is 0 Å². The van der Waals surface area contributed by atoms with Crippen LogP contribution in [0.3, 0.4) is 0 Å². The SMILES string of the molecule is CC.CC.CCCN(C=O)/C=C\c1c(-c2oncc2C2C=CC/C=C\C(Cl)=C/2Cl)c[nH]c1C. The first kappa shape index (κ1) is 28.5. The lowest BCUT2D eigenvalue weighted by molar-refractivity contribution is -0.115. The van der Waals surface area contributed by atoms with Crippen LogP contribution in [0, 0.1) is 6.92 Å². The van der Waals surface area contributed by atoms with E-state index in [0.29, 0.717) is 22.4 Å². The monoisotopic (exact) mass is 491 g/mol. The molecule has 33 heavy (non-hydrogen) atoms. The van der Waals surface area contributed by atoms with Crippen LogP contribution in [0.5, 0.6) is 0 Å². The van der Waals surface area contributed by atoms with Gasteiger partial charge in [-0.15, -0.1) is 0 Å². The van der Waals surface area contributed by atoms with Crippen LogP contribution in [-0.4, -0.2) is 28.0 Å². The van der Waals surface area contributed by atoms with Gasteiger partial charge in [0, 0.05) is 52.3 Å². The Morgan fingerprint density at radius 1 is 1.24 bits per heavy atom. The molecule has 1 N–H and O–H groups in total. The highest BCUT2D eigenvalue weighted by Gasteiger charge is 2.25. The van der Waals surface area contributed by atoms with Gasteiger partial charge in [-0.25, -0.2) is 0 Å². The summed E-state index contributed by atoms with van der Waals surface area (Å²) in [4.78, 5) is 16.1. The standard InChI is InChI=1S/C22H23Cl2N3O2.2C2H6/c1-3-10-27(14-28)11-9-16-15(2)25-12-18(16)22-19(13-26-29-22)17-7-5-4-6-8-20(23)21(17)24;2*1-2/h5-9,11-14,17,25H,3-4,10H2,1-2H3;2*1-2H3/b7-5?,8-6-,11-9-,21-20-;;. The summed E-state index contributed by atoms with van der Waals surface area (Å²) >= 11 is 12.9. The lowest BCUT2D eigenvalue weighted by Gasteiger charge is -2.14. The van der Waals surface area contributed by atoms with Gasteiger partial charge < -0.3 is 14.4 Å². The maximum Gasteiger partial charge on any atom is 0.213 e. The zero-order chi connectivity index (χ0) is 24.8. The van der Waals surface area contributed by atoms with Crippen LogP contribution >= 0.6 is 23.2 Å². The summed E-state index contributed by atoms with van der Waals surface area (Å²) in [7, 11) is 0. The van der Waals surface area contributed by atoms with E-state index in [-0.39, 0.29) is 5.92 Å². The second-order valence-electron chi connectivity index (χ2n) is 6.75. The predicted octanol–water partition coefficient (Wildman–Crippen LogP) is 8.16. The van der Waals surface area contributed by atoms with Crippen LogP contribution in [-0.2, 0) is 4.79 Å². The van der Waals surface area contributed by atoms with Crippen molar-refractivity contribution in [1.82, 2.24) is 15.0 Å². The van der Waals surface area contributed by atoms with Gasteiger partial charge in [0.05, 0.1) is 11.2 Å². The molecular weight excluding hydrogens is 457 g/mol. The zero-order valence-electron chi connectivity index (χ0n) is 20.4. The van der Waals surface area contributed by atoms with E-state index in [2.05, 4.69) is 10.1 Å². The second-order valence-corrected chi connectivity index (χ2v) is 7.56. The molecule has 5 nitrogen and oxygen atoms in total. The fourth-order valence-electron chi connectivity index (χ4n) is 3.22. The third kappa shape index (κ3) is 7.51. The van der Waals surface area contributed by atoms with Crippen LogP contribution in [0.15, 0.2) is 57.5 Å². The van der Waals surface area contributed by atoms with Gasteiger partial charge in [0.1, 0.15) is 0 Å². The first-order valence-electron chi connectivity index (χ1n) is 11.5. The smallest absolute Gasteiger partial charge is 0.213 e. The van der Waals surface area contributed by atoms with E-state index < -0.39 is 0 Å². The molecule has 2 aromatic rings. The fraction of sp³-hybridized carbons (Fsp3) is 0.385. The third-order valence-corrected chi connectivity index (χ3v) is 5.59. The van der Waals surface area contributed by atoms with Crippen LogP contribution in [0.25, 0.3) is 17.4 Å². The highest BCUT2D eigenvalue weighted by atomic mass is 35.5. The van der Waals surface area contributed by atoms with Crippen molar-refractivity contribution >= 4 is 35.7 Å². The van der Waals surface area contributed by atoms with Crippen LogP contribution in [0.4, 0.5) is 0 Å². The van der Waals surface area contributed by atoms with Gasteiger partial charge >= 0.3 is 0 Å². The van der Waals surface area contributed by atoms with Crippen molar-refractivity contribution in [3.63, 3.8) is 0 Å². The number of hydrogen-bond acceptors (Lipinski definition) is 3. The Morgan fingerprint density at radius 2 is 1.97 bits per heavy atom. The lowest BCUT2D eigenvalue weighted by Crippen LogP contribution is -2.15. The number of carbonyl (C=O) groups is 1. The number of halogens is 2. The topological polar surface area (TPSA) is 62.1 Å². The number of amides is 1. The van der Waals surface area contributed by atoms with E-state index in [4.69, 9.17) is 27.7 Å². The van der Waals surface area contributed by atoms with Crippen molar-refractivity contribution < 1.29 is 9.32 Å². The van der Waals surface area contributed by atoms with Crippen molar-refractivity contribution in [3.05, 3.63) is 69.8 Å². The van der Waals surface area contributed by atoms with Crippen LogP contribution < -0.4 is 0 Å². The molecule has 7 heteroatoms. The van der Waals surface area contributed by atoms with Crippen molar-refractivity contribution in [2.45, 2.75) is 60.3 Å². The quantitative estimate of drug-likeness (QED) is 0.313. The molecule has 1 aliphatic rings. The molecule has 0 bridgehead atoms. The van der Waals surface area contributed by atoms with Gasteiger partial charge in [0.25, 0.3) is 0 Å². The molecule has 0 saturated carbocycles. The number of nitrogens with one attached hydrogen (secondary N) is 1. The summed E-state index contributed by atoms with van der Waals surface area (Å²) in [6.45, 7) is 12.7. The summed E-state index contributed by atoms with van der Waals surface area (Å²) in [5.74, 6) is 0.359. The van der Waals surface area contributed by atoms with E-state index >= 15 is 0 Å². The molecule has 2 heterocycles. The number of aryl methyl sites for hydroxylation is 1. The maximum atomic E-state index is 11.2. The van der Waals surface area contributed by atoms with Gasteiger partial charge in [-0.2, -0.15) is 0 Å². The molecule has 0 aromatic carbocycles. The van der Waals surface area contributed by atoms with E-state index in [1.54, 1.807) is 17.3 Å². The van der Waals surface area contributed by atoms with E-state index in [0.717, 1.165) is 41.6 Å². The molecule has 2 aromatic heterocycles. The third-order valence-electron chi connectivity index (χ3n) is 4.72. The number of allylic oxidation sites excluding steroid dienone is 6. The molecule has 3 rings (SSSR count). The average molecular weight is 492 g/mol. The zero-order valence-corrected chi connectivity index (χ0v) is 21.9. The van der Waals surface area contributed by atoms with Gasteiger partial charge in [-0.1, -0.05) is 81.2 Å². The van der Waals surface area contributed by atoms with E-state index in [1.807, 2.05) is 78.1 Å². The molecule has 1 amide bonds. The first-order chi connectivity index (χ1) is 16.1. The minimum atomic E-state index is -0.256. The Labute approximate surface area is 207 Å². The van der Waals surface area contributed by atoms with Gasteiger partial charge in [-0.3, -0.25) is 4.79 Å². The Kier molecular flexibility index (Phi) is 13.3. The van der Waals surface area contributed by atoms with Crippen molar-refractivity contribution in [1.29, 1.82) is 0 Å². The molecule has 0 saturated heterocycles. The minimum Gasteiger partial charge on any atom is -0.364 e. The number of nitrogens with zero attached hydrogens (tertiary/aromatic N) is 2. The number of aromatic nitrogens is 2. The molecule has 1 unspecified atom stereocenters.